The van der Waals surface area contributed by atoms with Crippen molar-refractivity contribution in [3.63, 3.8) is 0 Å². The summed E-state index contributed by atoms with van der Waals surface area (Å²) in [4.78, 5) is 0. The Morgan fingerprint density at radius 1 is 1.50 bits per heavy atom. The Kier molecular flexibility index (Phi) is 3.83. The molecular formula is C2H2AsCl3. The maximum atomic E-state index is 5.29. The molecule has 0 amide bonds. The fourth-order valence-electron chi connectivity index (χ4n) is 0. The predicted molar refractivity (Wildman–Crippen MR) is 32.5 cm³/mol. The average Bonchev–Trinajstić information content (AvgIpc) is 1.36. The molecule has 4 heteroatoms. The minimum absolute atomic E-state index is 0.408. The molecule has 0 N–H and O–H groups in total. The van der Waals surface area contributed by atoms with Crippen molar-refractivity contribution in [2.75, 3.05) is 0 Å². The molecule has 0 heterocycles. The van der Waals surface area contributed by atoms with E-state index in [4.69, 9.17) is 31.5 Å². The van der Waals surface area contributed by atoms with Gasteiger partial charge in [-0.25, -0.2) is 0 Å². The summed E-state index contributed by atoms with van der Waals surface area (Å²) >= 11 is 3.44. The molecule has 36 valence electrons. The molecule has 0 saturated carbocycles. The molecule has 0 unspecified atom stereocenters. The van der Waals surface area contributed by atoms with Crippen molar-refractivity contribution in [2.24, 2.45) is 0 Å². The summed E-state index contributed by atoms with van der Waals surface area (Å²) < 4.78 is 0.408. The van der Waals surface area contributed by atoms with Gasteiger partial charge in [-0.1, -0.05) is 0 Å². The van der Waals surface area contributed by atoms with E-state index in [0.717, 1.165) is 0 Å². The van der Waals surface area contributed by atoms with Gasteiger partial charge in [0.15, 0.2) is 0 Å². The molecule has 0 aromatic rings. The van der Waals surface area contributed by atoms with Crippen LogP contribution in [-0.2, 0) is 0 Å². The molecule has 0 aliphatic heterocycles. The third kappa shape index (κ3) is 3.36. The van der Waals surface area contributed by atoms with E-state index in [9.17, 15) is 0 Å². The van der Waals surface area contributed by atoms with Crippen LogP contribution in [-0.4, -0.2) is 12.8 Å². The van der Waals surface area contributed by atoms with Gasteiger partial charge in [0.1, 0.15) is 0 Å². The zero-order valence-electron chi connectivity index (χ0n) is 2.79. The Bertz CT molecular complexity index is 59.8. The number of hydrogen-bond acceptors (Lipinski definition) is 0. The van der Waals surface area contributed by atoms with Crippen molar-refractivity contribution in [1.82, 2.24) is 0 Å². The molecular weight excluding hydrogens is 205 g/mol. The van der Waals surface area contributed by atoms with E-state index in [2.05, 4.69) is 6.58 Å². The minimum atomic E-state index is -1.78. The van der Waals surface area contributed by atoms with Crippen LogP contribution in [0.15, 0.2) is 10.4 Å². The predicted octanol–water partition coefficient (Wildman–Crippen LogP) is 2.24. The average molecular weight is 207 g/mol. The van der Waals surface area contributed by atoms with Crippen molar-refractivity contribution < 1.29 is 0 Å². The molecule has 0 aliphatic rings. The van der Waals surface area contributed by atoms with Crippen LogP contribution >= 0.6 is 31.5 Å². The molecule has 0 spiro atoms. The molecule has 0 bridgehead atoms. The van der Waals surface area contributed by atoms with Crippen LogP contribution in [0.3, 0.4) is 0 Å². The first-order chi connectivity index (χ1) is 2.64. The van der Waals surface area contributed by atoms with Gasteiger partial charge in [0.2, 0.25) is 0 Å². The Morgan fingerprint density at radius 2 is 1.67 bits per heavy atom. The quantitative estimate of drug-likeness (QED) is 0.578. The van der Waals surface area contributed by atoms with Crippen molar-refractivity contribution in [2.45, 2.75) is 0 Å². The molecule has 0 aromatic carbocycles. The maximum absolute atomic E-state index is 5.29. The van der Waals surface area contributed by atoms with Crippen LogP contribution in [0.1, 0.15) is 0 Å². The summed E-state index contributed by atoms with van der Waals surface area (Å²) in [5.41, 5.74) is 0. The van der Waals surface area contributed by atoms with Crippen LogP contribution in [0.2, 0.25) is 0 Å². The molecule has 0 rings (SSSR count). The Labute approximate surface area is 54.6 Å². The number of rotatable bonds is 1. The fourth-order valence-corrected chi connectivity index (χ4v) is 0. The zero-order chi connectivity index (χ0) is 5.15. The SMILES string of the molecule is C=C(Cl)[As](Cl)Cl. The third-order valence-corrected chi connectivity index (χ3v) is 4.85. The van der Waals surface area contributed by atoms with E-state index in [1.54, 1.807) is 0 Å². The molecule has 0 radical (unpaired) electrons. The van der Waals surface area contributed by atoms with Gasteiger partial charge in [-0.15, -0.1) is 0 Å². The van der Waals surface area contributed by atoms with Gasteiger partial charge in [0.05, 0.1) is 0 Å². The number of halogens is 3. The van der Waals surface area contributed by atoms with Crippen LogP contribution < -0.4 is 0 Å². The van der Waals surface area contributed by atoms with Gasteiger partial charge in [-0.3, -0.25) is 0 Å². The van der Waals surface area contributed by atoms with Gasteiger partial charge in [0, 0.05) is 0 Å². The van der Waals surface area contributed by atoms with Crippen LogP contribution in [0, 0.1) is 0 Å². The zero-order valence-corrected chi connectivity index (χ0v) is 6.93. The van der Waals surface area contributed by atoms with Crippen molar-refractivity contribution in [3.8, 4) is 0 Å². The molecule has 0 saturated heterocycles. The molecule has 0 nitrogen and oxygen atoms in total. The van der Waals surface area contributed by atoms with E-state index in [-0.39, 0.29) is 0 Å². The van der Waals surface area contributed by atoms with Crippen LogP contribution in [0.25, 0.3) is 0 Å². The van der Waals surface area contributed by atoms with Crippen LogP contribution in [0.4, 0.5) is 0 Å². The fraction of sp³-hybridized carbons (Fsp3) is 0. The van der Waals surface area contributed by atoms with Gasteiger partial charge < -0.3 is 0 Å². The Morgan fingerprint density at radius 3 is 1.67 bits per heavy atom. The van der Waals surface area contributed by atoms with Crippen molar-refractivity contribution in [1.29, 1.82) is 0 Å². The van der Waals surface area contributed by atoms with Crippen molar-refractivity contribution in [3.05, 3.63) is 10.4 Å². The first-order valence-electron chi connectivity index (χ1n) is 1.10. The summed E-state index contributed by atoms with van der Waals surface area (Å²) in [6, 6.07) is 0. The van der Waals surface area contributed by atoms with E-state index in [1.165, 1.54) is 0 Å². The molecule has 0 fully saturated rings. The summed E-state index contributed by atoms with van der Waals surface area (Å²) in [6.45, 7) is 3.32. The monoisotopic (exact) mass is 206 g/mol. The normalized spacial score (nSPS) is 9.33. The second-order valence-electron chi connectivity index (χ2n) is 0.609. The molecule has 0 aliphatic carbocycles. The van der Waals surface area contributed by atoms with Crippen molar-refractivity contribution >= 4 is 44.3 Å². The first kappa shape index (κ1) is 7.17. The molecule has 6 heavy (non-hydrogen) atoms. The summed E-state index contributed by atoms with van der Waals surface area (Å²) in [7, 11) is 10.6. The second-order valence-corrected chi connectivity index (χ2v) is 8.16. The first-order valence-corrected chi connectivity index (χ1v) is 7.35. The van der Waals surface area contributed by atoms with E-state index >= 15 is 0 Å². The third-order valence-electron chi connectivity index (χ3n) is 0.183. The topological polar surface area (TPSA) is 0 Å². The summed E-state index contributed by atoms with van der Waals surface area (Å²) in [6.07, 6.45) is 0. The Balaban J connectivity index is 3.26. The summed E-state index contributed by atoms with van der Waals surface area (Å²) in [5.74, 6) is 0. The van der Waals surface area contributed by atoms with E-state index in [0.29, 0.717) is 3.82 Å². The van der Waals surface area contributed by atoms with E-state index < -0.39 is 12.8 Å². The standard InChI is InChI=1S/C2H2AsCl3/c1-2(4)3(5)6/h1H2. The van der Waals surface area contributed by atoms with Gasteiger partial charge in [0.25, 0.3) is 0 Å². The number of hydrogen-bond donors (Lipinski definition) is 0. The van der Waals surface area contributed by atoms with Crippen LogP contribution in [0.5, 0.6) is 0 Å². The van der Waals surface area contributed by atoms with Gasteiger partial charge in [-0.2, -0.15) is 0 Å². The molecule has 0 atom stereocenters. The van der Waals surface area contributed by atoms with Gasteiger partial charge in [-0.05, 0) is 0 Å². The summed E-state index contributed by atoms with van der Waals surface area (Å²) in [5, 5.41) is 0. The second kappa shape index (κ2) is 3.21. The Hall–Kier alpha value is 1.17. The van der Waals surface area contributed by atoms with Gasteiger partial charge >= 0.3 is 54.7 Å². The molecule has 0 aromatic heterocycles. The van der Waals surface area contributed by atoms with E-state index in [1.807, 2.05) is 0 Å².